The molecule has 0 saturated carbocycles. The van der Waals surface area contributed by atoms with E-state index in [2.05, 4.69) is 4.74 Å². The summed E-state index contributed by atoms with van der Waals surface area (Å²) < 4.78 is 4.48. The Balaban J connectivity index is 2.95. The number of carbonyl (C=O) groups excluding carboxylic acids is 1. The number of anilines is 1. The number of phenols is 1. The van der Waals surface area contributed by atoms with Crippen LogP contribution >= 0.6 is 11.6 Å². The lowest BCUT2D eigenvalue weighted by Crippen LogP contribution is -2.04. The molecule has 0 aromatic heterocycles. The van der Waals surface area contributed by atoms with Crippen molar-refractivity contribution in [3.63, 3.8) is 0 Å². The third-order valence-electron chi connectivity index (χ3n) is 1.73. The average Bonchev–Trinajstić information content (AvgIpc) is 2.14. The third kappa shape index (κ3) is 2.29. The number of nitrogens with two attached hydrogens (primary N) is 1. The summed E-state index contributed by atoms with van der Waals surface area (Å²) in [5, 5.41) is 9.38. The maximum Gasteiger partial charge on any atom is 0.309 e. The summed E-state index contributed by atoms with van der Waals surface area (Å²) in [7, 11) is 1.30. The van der Waals surface area contributed by atoms with Crippen molar-refractivity contribution in [1.29, 1.82) is 0 Å². The number of hydrogen-bond acceptors (Lipinski definition) is 4. The van der Waals surface area contributed by atoms with Crippen LogP contribution < -0.4 is 5.73 Å². The minimum absolute atomic E-state index is 0.0840. The number of methoxy groups -OCH3 is 1. The molecule has 0 aliphatic heterocycles. The second-order valence-electron chi connectivity index (χ2n) is 2.77. The van der Waals surface area contributed by atoms with Gasteiger partial charge in [-0.05, 0) is 17.7 Å². The third-order valence-corrected chi connectivity index (χ3v) is 2.02. The van der Waals surface area contributed by atoms with Crippen molar-refractivity contribution in [1.82, 2.24) is 0 Å². The first-order valence-electron chi connectivity index (χ1n) is 3.88. The largest absolute Gasteiger partial charge is 0.504 e. The van der Waals surface area contributed by atoms with E-state index >= 15 is 0 Å². The average molecular weight is 216 g/mol. The van der Waals surface area contributed by atoms with Crippen molar-refractivity contribution in [3.8, 4) is 5.75 Å². The van der Waals surface area contributed by atoms with Gasteiger partial charge in [0.05, 0.1) is 24.2 Å². The summed E-state index contributed by atoms with van der Waals surface area (Å²) in [5.74, 6) is -0.550. The highest BCUT2D eigenvalue weighted by Gasteiger charge is 2.08. The number of benzene rings is 1. The second-order valence-corrected chi connectivity index (χ2v) is 3.18. The summed E-state index contributed by atoms with van der Waals surface area (Å²) in [4.78, 5) is 10.9. The number of carbonyl (C=O) groups is 1. The number of ether oxygens (including phenoxy) is 1. The highest BCUT2D eigenvalue weighted by molar-refractivity contribution is 6.32. The highest BCUT2D eigenvalue weighted by Crippen LogP contribution is 2.30. The van der Waals surface area contributed by atoms with Crippen molar-refractivity contribution in [3.05, 3.63) is 22.7 Å². The zero-order valence-corrected chi connectivity index (χ0v) is 8.34. The van der Waals surface area contributed by atoms with Crippen LogP contribution in [-0.2, 0) is 16.0 Å². The molecule has 0 fully saturated rings. The lowest BCUT2D eigenvalue weighted by atomic mass is 10.1. The van der Waals surface area contributed by atoms with E-state index in [-0.39, 0.29) is 28.8 Å². The van der Waals surface area contributed by atoms with Gasteiger partial charge in [-0.3, -0.25) is 4.79 Å². The first-order chi connectivity index (χ1) is 6.54. The van der Waals surface area contributed by atoms with E-state index in [9.17, 15) is 9.90 Å². The van der Waals surface area contributed by atoms with Crippen LogP contribution in [-0.4, -0.2) is 18.2 Å². The molecule has 1 rings (SSSR count). The van der Waals surface area contributed by atoms with Crippen LogP contribution in [0.25, 0.3) is 0 Å². The molecule has 0 saturated heterocycles. The number of phenolic OH excluding ortho intramolecular Hbond substituents is 1. The van der Waals surface area contributed by atoms with E-state index in [1.165, 1.54) is 19.2 Å². The van der Waals surface area contributed by atoms with Crippen LogP contribution in [0.15, 0.2) is 12.1 Å². The van der Waals surface area contributed by atoms with Crippen molar-refractivity contribution >= 4 is 23.3 Å². The van der Waals surface area contributed by atoms with E-state index < -0.39 is 0 Å². The van der Waals surface area contributed by atoms with Crippen LogP contribution in [0, 0.1) is 0 Å². The Morgan fingerprint density at radius 3 is 2.79 bits per heavy atom. The van der Waals surface area contributed by atoms with Crippen molar-refractivity contribution < 1.29 is 14.6 Å². The van der Waals surface area contributed by atoms with Crippen molar-refractivity contribution in [2.45, 2.75) is 6.42 Å². The second kappa shape index (κ2) is 4.19. The van der Waals surface area contributed by atoms with Gasteiger partial charge in [0.1, 0.15) is 0 Å². The molecule has 0 aliphatic carbocycles. The highest BCUT2D eigenvalue weighted by atomic mass is 35.5. The van der Waals surface area contributed by atoms with Gasteiger partial charge in [-0.15, -0.1) is 0 Å². The van der Waals surface area contributed by atoms with Gasteiger partial charge in [0.25, 0.3) is 0 Å². The molecule has 1 aromatic rings. The fourth-order valence-electron chi connectivity index (χ4n) is 1.02. The molecule has 0 spiro atoms. The lowest BCUT2D eigenvalue weighted by molar-refractivity contribution is -0.139. The summed E-state index contributed by atoms with van der Waals surface area (Å²) in [6.07, 6.45) is 0.0840. The Hall–Kier alpha value is -1.42. The van der Waals surface area contributed by atoms with Crippen molar-refractivity contribution in [2.24, 2.45) is 0 Å². The molecule has 76 valence electrons. The Bertz CT molecular complexity index is 342. The van der Waals surface area contributed by atoms with Gasteiger partial charge >= 0.3 is 5.97 Å². The molecule has 1 aromatic carbocycles. The minimum Gasteiger partial charge on any atom is -0.504 e. The van der Waals surface area contributed by atoms with Gasteiger partial charge < -0.3 is 15.6 Å². The van der Waals surface area contributed by atoms with Crippen molar-refractivity contribution in [2.75, 3.05) is 12.8 Å². The van der Waals surface area contributed by atoms with Crippen LogP contribution in [0.3, 0.4) is 0 Å². The fraction of sp³-hybridized carbons (Fsp3) is 0.222. The Kier molecular flexibility index (Phi) is 3.19. The zero-order valence-electron chi connectivity index (χ0n) is 7.58. The Labute approximate surface area is 86.2 Å². The van der Waals surface area contributed by atoms with Gasteiger partial charge in [-0.25, -0.2) is 0 Å². The molecule has 0 unspecified atom stereocenters. The Morgan fingerprint density at radius 2 is 2.29 bits per heavy atom. The smallest absolute Gasteiger partial charge is 0.309 e. The molecule has 0 aliphatic rings. The predicted molar refractivity (Wildman–Crippen MR) is 53.2 cm³/mol. The molecule has 3 N–H and O–H groups in total. The standard InChI is InChI=1S/C9H10ClNO3/c1-14-8(12)4-5-2-6(10)9(13)7(11)3-5/h2-3,13H,4,11H2,1H3. The molecule has 5 heteroatoms. The topological polar surface area (TPSA) is 72.5 Å². The lowest BCUT2D eigenvalue weighted by Gasteiger charge is -2.05. The first kappa shape index (κ1) is 10.7. The molecule has 0 bridgehead atoms. The summed E-state index contributed by atoms with van der Waals surface area (Å²) >= 11 is 5.66. The Morgan fingerprint density at radius 1 is 1.64 bits per heavy atom. The van der Waals surface area contributed by atoms with Gasteiger partial charge in [0, 0.05) is 0 Å². The summed E-state index contributed by atoms with van der Waals surface area (Å²) in [6.45, 7) is 0. The van der Waals surface area contributed by atoms with E-state index in [0.717, 1.165) is 0 Å². The molecular formula is C9H10ClNO3. The van der Waals surface area contributed by atoms with Crippen LogP contribution in [0.1, 0.15) is 5.56 Å². The van der Waals surface area contributed by atoms with E-state index in [0.29, 0.717) is 5.56 Å². The van der Waals surface area contributed by atoms with E-state index in [1.807, 2.05) is 0 Å². The number of nitrogen functional groups attached to an aromatic ring is 1. The normalized spacial score (nSPS) is 9.86. The molecule has 14 heavy (non-hydrogen) atoms. The molecule has 0 radical (unpaired) electrons. The fourth-order valence-corrected chi connectivity index (χ4v) is 1.27. The van der Waals surface area contributed by atoms with Gasteiger partial charge in [0.2, 0.25) is 0 Å². The maximum atomic E-state index is 10.9. The summed E-state index contributed by atoms with van der Waals surface area (Å²) in [5.41, 5.74) is 6.21. The minimum atomic E-state index is -0.383. The SMILES string of the molecule is COC(=O)Cc1cc(N)c(O)c(Cl)c1. The maximum absolute atomic E-state index is 10.9. The number of rotatable bonds is 2. The zero-order chi connectivity index (χ0) is 10.7. The van der Waals surface area contributed by atoms with E-state index in [1.54, 1.807) is 0 Å². The van der Waals surface area contributed by atoms with E-state index in [4.69, 9.17) is 17.3 Å². The van der Waals surface area contributed by atoms with Gasteiger partial charge in [-0.1, -0.05) is 11.6 Å². The first-order valence-corrected chi connectivity index (χ1v) is 4.26. The number of hydrogen-bond donors (Lipinski definition) is 2. The predicted octanol–water partition coefficient (Wildman–Crippen LogP) is 1.34. The molecular weight excluding hydrogens is 206 g/mol. The van der Waals surface area contributed by atoms with Crippen LogP contribution in [0.5, 0.6) is 5.75 Å². The monoisotopic (exact) mass is 215 g/mol. The molecule has 0 heterocycles. The molecule has 4 nitrogen and oxygen atoms in total. The molecule has 0 atom stereocenters. The number of halogens is 1. The number of aromatic hydroxyl groups is 1. The molecule has 0 amide bonds. The van der Waals surface area contributed by atoms with Crippen LogP contribution in [0.2, 0.25) is 5.02 Å². The van der Waals surface area contributed by atoms with Gasteiger partial charge in [-0.2, -0.15) is 0 Å². The summed E-state index contributed by atoms with van der Waals surface area (Å²) in [6, 6.07) is 2.96. The van der Waals surface area contributed by atoms with Crippen LogP contribution in [0.4, 0.5) is 5.69 Å². The quantitative estimate of drug-likeness (QED) is 0.444. The number of esters is 1. The van der Waals surface area contributed by atoms with Gasteiger partial charge in [0.15, 0.2) is 5.75 Å².